The molecule has 2 aromatic carbocycles. The maximum Gasteiger partial charge on any atom is 0.250 e. The summed E-state index contributed by atoms with van der Waals surface area (Å²) in [6.45, 7) is 3.34. The highest BCUT2D eigenvalue weighted by atomic mass is 35.5. The predicted molar refractivity (Wildman–Crippen MR) is 133 cm³/mol. The molecule has 0 atom stereocenters. The Kier molecular flexibility index (Phi) is 7.35. The minimum atomic E-state index is -0.0858. The van der Waals surface area contributed by atoms with E-state index in [4.69, 9.17) is 11.6 Å². The lowest BCUT2D eigenvalue weighted by atomic mass is 10.1. The molecule has 3 aromatic rings. The number of carbonyl (C=O) groups excluding carboxylic acids is 1. The van der Waals surface area contributed by atoms with Crippen LogP contribution in [0.4, 0.5) is 5.69 Å². The Bertz CT molecular complexity index is 1050. The first kappa shape index (κ1) is 22.3. The van der Waals surface area contributed by atoms with Gasteiger partial charge in [0.2, 0.25) is 0 Å². The molecule has 4 nitrogen and oxygen atoms in total. The summed E-state index contributed by atoms with van der Waals surface area (Å²) in [5.41, 5.74) is 4.97. The van der Waals surface area contributed by atoms with E-state index in [9.17, 15) is 4.79 Å². The lowest BCUT2D eigenvalue weighted by Crippen LogP contribution is -2.29. The number of aromatic nitrogens is 1. The van der Waals surface area contributed by atoms with Crippen LogP contribution in [0.25, 0.3) is 17.2 Å². The number of likely N-dealkylation sites (N-methyl/N-ethyl adjacent to an activating group) is 1. The number of likely N-dealkylation sites (tertiary alicyclic amines) is 1. The van der Waals surface area contributed by atoms with Gasteiger partial charge in [-0.1, -0.05) is 48.4 Å². The smallest absolute Gasteiger partial charge is 0.250 e. The minimum Gasteiger partial charge on any atom is -0.312 e. The third kappa shape index (κ3) is 5.84. The largest absolute Gasteiger partial charge is 0.312 e. The van der Waals surface area contributed by atoms with E-state index in [1.54, 1.807) is 30.3 Å². The van der Waals surface area contributed by atoms with Crippen molar-refractivity contribution in [1.82, 2.24) is 9.88 Å². The van der Waals surface area contributed by atoms with E-state index in [0.29, 0.717) is 5.02 Å². The molecule has 1 amide bonds. The van der Waals surface area contributed by atoms with Gasteiger partial charge in [0.15, 0.2) is 0 Å². The zero-order valence-corrected chi connectivity index (χ0v) is 19.1. The van der Waals surface area contributed by atoms with Crippen LogP contribution in [0.2, 0.25) is 5.02 Å². The Balaban J connectivity index is 1.34. The normalized spacial score (nSPS) is 14.6. The van der Waals surface area contributed by atoms with Crippen molar-refractivity contribution in [1.29, 1.82) is 0 Å². The van der Waals surface area contributed by atoms with Crippen molar-refractivity contribution in [2.45, 2.75) is 25.8 Å². The molecule has 2 heterocycles. The second-order valence-corrected chi connectivity index (χ2v) is 8.65. The average molecular weight is 446 g/mol. The lowest BCUT2D eigenvalue weighted by molar-refractivity contribution is -0.113. The molecule has 1 fully saturated rings. The molecule has 0 unspecified atom stereocenters. The zero-order valence-electron chi connectivity index (χ0n) is 18.4. The van der Waals surface area contributed by atoms with Crippen LogP contribution < -0.4 is 4.90 Å². The number of rotatable bonds is 6. The molecule has 0 spiro atoms. The highest BCUT2D eigenvalue weighted by Gasteiger charge is 2.12. The maximum absolute atomic E-state index is 12.6. The third-order valence-electron chi connectivity index (χ3n) is 5.87. The van der Waals surface area contributed by atoms with Gasteiger partial charge in [-0.2, -0.15) is 0 Å². The first-order valence-electron chi connectivity index (χ1n) is 11.1. The SMILES string of the molecule is CN(C(=O)C=Cc1ccc(-c2ccc(Cl)cc2)cn1)c1ccc(CN2CCCCC2)cc1. The number of halogens is 1. The van der Waals surface area contributed by atoms with Crippen molar-refractivity contribution in [3.63, 3.8) is 0 Å². The summed E-state index contributed by atoms with van der Waals surface area (Å²) in [5, 5.41) is 0.709. The van der Waals surface area contributed by atoms with E-state index < -0.39 is 0 Å². The van der Waals surface area contributed by atoms with E-state index in [2.05, 4.69) is 22.0 Å². The highest BCUT2D eigenvalue weighted by molar-refractivity contribution is 6.30. The summed E-state index contributed by atoms with van der Waals surface area (Å²) in [5.74, 6) is -0.0858. The van der Waals surface area contributed by atoms with E-state index in [0.717, 1.165) is 29.1 Å². The Morgan fingerprint density at radius 1 is 0.969 bits per heavy atom. The van der Waals surface area contributed by atoms with Crippen molar-refractivity contribution in [2.24, 2.45) is 0 Å². The molecular weight excluding hydrogens is 418 g/mol. The fourth-order valence-corrected chi connectivity index (χ4v) is 4.04. The molecule has 0 saturated carbocycles. The van der Waals surface area contributed by atoms with Crippen LogP contribution in [0.5, 0.6) is 0 Å². The standard InChI is InChI=1S/C27H28ClN3O/c1-30(26-14-5-21(6-15-26)20-31-17-3-2-4-18-31)27(32)16-13-25-12-9-23(19-29-25)22-7-10-24(28)11-8-22/h5-16,19H,2-4,17-18,20H2,1H3. The number of benzene rings is 2. The van der Waals surface area contributed by atoms with Crippen LogP contribution in [0.1, 0.15) is 30.5 Å². The number of anilines is 1. The topological polar surface area (TPSA) is 36.4 Å². The number of pyridine rings is 1. The molecule has 32 heavy (non-hydrogen) atoms. The maximum atomic E-state index is 12.6. The second-order valence-electron chi connectivity index (χ2n) is 8.21. The van der Waals surface area contributed by atoms with Crippen LogP contribution in [-0.2, 0) is 11.3 Å². The Morgan fingerprint density at radius 2 is 1.66 bits per heavy atom. The van der Waals surface area contributed by atoms with E-state index in [-0.39, 0.29) is 5.91 Å². The fourth-order valence-electron chi connectivity index (χ4n) is 3.91. The van der Waals surface area contributed by atoms with Gasteiger partial charge < -0.3 is 4.90 Å². The van der Waals surface area contributed by atoms with Crippen molar-refractivity contribution in [3.05, 3.63) is 89.2 Å². The van der Waals surface area contributed by atoms with Crippen LogP contribution >= 0.6 is 11.6 Å². The van der Waals surface area contributed by atoms with E-state index in [1.807, 2.05) is 48.5 Å². The first-order chi connectivity index (χ1) is 15.6. The number of piperidine rings is 1. The number of amides is 1. The van der Waals surface area contributed by atoms with Crippen LogP contribution in [0.15, 0.2) is 72.9 Å². The highest BCUT2D eigenvalue weighted by Crippen LogP contribution is 2.21. The quantitative estimate of drug-likeness (QED) is 0.432. The number of hydrogen-bond donors (Lipinski definition) is 0. The van der Waals surface area contributed by atoms with Gasteiger partial charge in [-0.05, 0) is 73.5 Å². The zero-order chi connectivity index (χ0) is 22.3. The van der Waals surface area contributed by atoms with Crippen LogP contribution in [0.3, 0.4) is 0 Å². The molecule has 0 aliphatic carbocycles. The molecule has 0 radical (unpaired) electrons. The van der Waals surface area contributed by atoms with Crippen molar-refractivity contribution < 1.29 is 4.79 Å². The fraction of sp³-hybridized carbons (Fsp3) is 0.259. The molecule has 1 saturated heterocycles. The van der Waals surface area contributed by atoms with Gasteiger partial charge in [0.25, 0.3) is 5.91 Å². The average Bonchev–Trinajstić information content (AvgIpc) is 2.84. The molecular formula is C27H28ClN3O. The van der Waals surface area contributed by atoms with Gasteiger partial charge in [0.05, 0.1) is 5.69 Å². The summed E-state index contributed by atoms with van der Waals surface area (Å²) >= 11 is 5.95. The summed E-state index contributed by atoms with van der Waals surface area (Å²) in [6.07, 6.45) is 9.04. The molecule has 0 bridgehead atoms. The molecule has 5 heteroatoms. The molecule has 164 valence electrons. The lowest BCUT2D eigenvalue weighted by Gasteiger charge is -2.26. The van der Waals surface area contributed by atoms with Gasteiger partial charge in [0, 0.05) is 42.1 Å². The van der Waals surface area contributed by atoms with Gasteiger partial charge in [-0.15, -0.1) is 0 Å². The summed E-state index contributed by atoms with van der Waals surface area (Å²) in [7, 11) is 1.80. The summed E-state index contributed by atoms with van der Waals surface area (Å²) < 4.78 is 0. The van der Waals surface area contributed by atoms with Crippen molar-refractivity contribution >= 4 is 29.3 Å². The van der Waals surface area contributed by atoms with Crippen molar-refractivity contribution in [3.8, 4) is 11.1 Å². The van der Waals surface area contributed by atoms with Gasteiger partial charge >= 0.3 is 0 Å². The predicted octanol–water partition coefficient (Wildman–Crippen LogP) is 6.06. The molecule has 1 aliphatic heterocycles. The van der Waals surface area contributed by atoms with E-state index in [1.165, 1.54) is 37.9 Å². The monoisotopic (exact) mass is 445 g/mol. The van der Waals surface area contributed by atoms with Gasteiger partial charge in [0.1, 0.15) is 0 Å². The molecule has 1 aromatic heterocycles. The van der Waals surface area contributed by atoms with Crippen LogP contribution in [-0.4, -0.2) is 35.9 Å². The second kappa shape index (κ2) is 10.6. The number of hydrogen-bond acceptors (Lipinski definition) is 3. The Hall–Kier alpha value is -2.95. The summed E-state index contributed by atoms with van der Waals surface area (Å²) in [6, 6.07) is 19.8. The summed E-state index contributed by atoms with van der Waals surface area (Å²) in [4.78, 5) is 21.2. The number of nitrogens with zero attached hydrogens (tertiary/aromatic N) is 3. The first-order valence-corrected chi connectivity index (χ1v) is 11.5. The number of carbonyl (C=O) groups is 1. The third-order valence-corrected chi connectivity index (χ3v) is 6.12. The van der Waals surface area contributed by atoms with E-state index >= 15 is 0 Å². The van der Waals surface area contributed by atoms with Gasteiger partial charge in [-0.3, -0.25) is 14.7 Å². The minimum absolute atomic E-state index is 0.0858. The van der Waals surface area contributed by atoms with Crippen LogP contribution in [0, 0.1) is 0 Å². The molecule has 1 aliphatic rings. The Labute approximate surface area is 195 Å². The van der Waals surface area contributed by atoms with Gasteiger partial charge in [-0.25, -0.2) is 0 Å². The molecule has 4 rings (SSSR count). The van der Waals surface area contributed by atoms with Crippen molar-refractivity contribution in [2.75, 3.05) is 25.0 Å². The molecule has 0 N–H and O–H groups in total. The Morgan fingerprint density at radius 3 is 2.31 bits per heavy atom.